The molecule has 0 aliphatic rings. The Morgan fingerprint density at radius 1 is 1.00 bits per heavy atom. The quantitative estimate of drug-likeness (QED) is 0.775. The highest BCUT2D eigenvalue weighted by Gasteiger charge is 1.93. The molecule has 0 N–H and O–H groups in total. The SMILES string of the molecule is Cc1ccc(S(C)=O)cc1.Cc1ccccn1. The largest absolute Gasteiger partial charge is 0.262 e. The van der Waals surface area contributed by atoms with E-state index < -0.39 is 10.8 Å². The number of hydrogen-bond donors (Lipinski definition) is 0. The van der Waals surface area contributed by atoms with Crippen molar-refractivity contribution in [3.05, 3.63) is 59.9 Å². The van der Waals surface area contributed by atoms with E-state index in [2.05, 4.69) is 4.98 Å². The molecule has 0 amide bonds. The fourth-order valence-corrected chi connectivity index (χ4v) is 1.70. The summed E-state index contributed by atoms with van der Waals surface area (Å²) in [5, 5.41) is 0. The molecular formula is C14H17NOS. The van der Waals surface area contributed by atoms with E-state index in [-0.39, 0.29) is 0 Å². The van der Waals surface area contributed by atoms with Crippen LogP contribution < -0.4 is 0 Å². The van der Waals surface area contributed by atoms with Gasteiger partial charge in [-0.2, -0.15) is 0 Å². The van der Waals surface area contributed by atoms with Gasteiger partial charge >= 0.3 is 0 Å². The number of rotatable bonds is 1. The number of pyridine rings is 1. The number of aromatic nitrogens is 1. The maximum absolute atomic E-state index is 10.9. The summed E-state index contributed by atoms with van der Waals surface area (Å²) >= 11 is 0. The van der Waals surface area contributed by atoms with Gasteiger partial charge in [0.15, 0.2) is 0 Å². The molecule has 2 aromatic rings. The van der Waals surface area contributed by atoms with Crippen LogP contribution in [0.4, 0.5) is 0 Å². The second-order valence-electron chi connectivity index (χ2n) is 3.74. The minimum absolute atomic E-state index is 0.837. The van der Waals surface area contributed by atoms with Gasteiger partial charge in [-0.05, 0) is 38.1 Å². The zero-order valence-electron chi connectivity index (χ0n) is 10.4. The molecule has 0 radical (unpaired) electrons. The molecule has 1 aromatic heterocycles. The maximum Gasteiger partial charge on any atom is 0.0498 e. The van der Waals surface area contributed by atoms with Gasteiger partial charge in [0.05, 0.1) is 0 Å². The fraction of sp³-hybridized carbons (Fsp3) is 0.214. The third-order valence-corrected chi connectivity index (χ3v) is 3.10. The minimum atomic E-state index is -0.837. The molecule has 2 rings (SSSR count). The van der Waals surface area contributed by atoms with Crippen LogP contribution in [0.25, 0.3) is 0 Å². The van der Waals surface area contributed by atoms with Gasteiger partial charge in [-0.15, -0.1) is 0 Å². The van der Waals surface area contributed by atoms with Gasteiger partial charge in [0.25, 0.3) is 0 Å². The Bertz CT molecular complexity index is 465. The lowest BCUT2D eigenvalue weighted by Gasteiger charge is -1.94. The number of benzene rings is 1. The molecule has 1 aromatic carbocycles. The predicted molar refractivity (Wildman–Crippen MR) is 72.5 cm³/mol. The molecule has 17 heavy (non-hydrogen) atoms. The average molecular weight is 247 g/mol. The van der Waals surface area contributed by atoms with Gasteiger partial charge in [-0.3, -0.25) is 9.19 Å². The third kappa shape index (κ3) is 5.41. The first-order chi connectivity index (χ1) is 8.09. The maximum atomic E-state index is 10.9. The summed E-state index contributed by atoms with van der Waals surface area (Å²) in [6, 6.07) is 13.6. The van der Waals surface area contributed by atoms with E-state index in [1.54, 1.807) is 12.5 Å². The van der Waals surface area contributed by atoms with Crippen molar-refractivity contribution in [2.75, 3.05) is 6.26 Å². The van der Waals surface area contributed by atoms with Gasteiger partial charge in [-0.25, -0.2) is 0 Å². The van der Waals surface area contributed by atoms with Gasteiger partial charge in [0, 0.05) is 33.8 Å². The highest BCUT2D eigenvalue weighted by atomic mass is 32.2. The lowest BCUT2D eigenvalue weighted by Crippen LogP contribution is -1.85. The van der Waals surface area contributed by atoms with Crippen molar-refractivity contribution in [2.24, 2.45) is 0 Å². The highest BCUT2D eigenvalue weighted by Crippen LogP contribution is 2.05. The topological polar surface area (TPSA) is 30.0 Å². The van der Waals surface area contributed by atoms with Gasteiger partial charge in [0.2, 0.25) is 0 Å². The van der Waals surface area contributed by atoms with Crippen LogP contribution in [0, 0.1) is 13.8 Å². The van der Waals surface area contributed by atoms with Crippen molar-refractivity contribution >= 4 is 10.8 Å². The molecule has 0 fully saturated rings. The monoisotopic (exact) mass is 247 g/mol. The van der Waals surface area contributed by atoms with E-state index in [4.69, 9.17) is 0 Å². The Balaban J connectivity index is 0.000000181. The second kappa shape index (κ2) is 6.97. The Labute approximate surface area is 105 Å². The van der Waals surface area contributed by atoms with E-state index in [0.717, 1.165) is 10.6 Å². The van der Waals surface area contributed by atoms with Crippen molar-refractivity contribution in [1.82, 2.24) is 4.98 Å². The summed E-state index contributed by atoms with van der Waals surface area (Å²) in [5.74, 6) is 0. The first kappa shape index (κ1) is 13.6. The van der Waals surface area contributed by atoms with Crippen LogP contribution >= 0.6 is 0 Å². The second-order valence-corrected chi connectivity index (χ2v) is 5.12. The predicted octanol–water partition coefficient (Wildman–Crippen LogP) is 3.12. The number of hydrogen-bond acceptors (Lipinski definition) is 2. The summed E-state index contributed by atoms with van der Waals surface area (Å²) in [6.45, 7) is 3.99. The normalized spacial score (nSPS) is 11.2. The molecule has 1 unspecified atom stereocenters. The molecule has 0 aliphatic heterocycles. The van der Waals surface area contributed by atoms with E-state index >= 15 is 0 Å². The Morgan fingerprint density at radius 2 is 1.65 bits per heavy atom. The van der Waals surface area contributed by atoms with Crippen molar-refractivity contribution in [2.45, 2.75) is 18.7 Å². The Kier molecular flexibility index (Phi) is 5.57. The molecule has 0 bridgehead atoms. The Hall–Kier alpha value is -1.48. The first-order valence-electron chi connectivity index (χ1n) is 5.37. The zero-order valence-corrected chi connectivity index (χ0v) is 11.2. The minimum Gasteiger partial charge on any atom is -0.262 e. The summed E-state index contributed by atoms with van der Waals surface area (Å²) in [5.41, 5.74) is 2.27. The van der Waals surface area contributed by atoms with Crippen LogP contribution in [0.2, 0.25) is 0 Å². The molecule has 0 aliphatic carbocycles. The van der Waals surface area contributed by atoms with E-state index in [1.807, 2.05) is 56.3 Å². The van der Waals surface area contributed by atoms with Crippen LogP contribution in [-0.2, 0) is 10.8 Å². The number of aryl methyl sites for hydroxylation is 2. The summed E-state index contributed by atoms with van der Waals surface area (Å²) in [7, 11) is -0.837. The van der Waals surface area contributed by atoms with E-state index in [1.165, 1.54) is 5.56 Å². The molecule has 2 nitrogen and oxygen atoms in total. The van der Waals surface area contributed by atoms with Crippen molar-refractivity contribution in [1.29, 1.82) is 0 Å². The summed E-state index contributed by atoms with van der Waals surface area (Å²) in [6.07, 6.45) is 3.47. The van der Waals surface area contributed by atoms with Crippen LogP contribution in [-0.4, -0.2) is 15.4 Å². The van der Waals surface area contributed by atoms with Crippen LogP contribution in [0.3, 0.4) is 0 Å². The molecule has 0 saturated carbocycles. The van der Waals surface area contributed by atoms with Crippen molar-refractivity contribution in [3.8, 4) is 0 Å². The Morgan fingerprint density at radius 3 is 2.00 bits per heavy atom. The van der Waals surface area contributed by atoms with Gasteiger partial charge < -0.3 is 0 Å². The van der Waals surface area contributed by atoms with Crippen LogP contribution in [0.1, 0.15) is 11.3 Å². The molecule has 3 heteroatoms. The van der Waals surface area contributed by atoms with Crippen LogP contribution in [0.5, 0.6) is 0 Å². The van der Waals surface area contributed by atoms with E-state index in [9.17, 15) is 4.21 Å². The van der Waals surface area contributed by atoms with E-state index in [0.29, 0.717) is 0 Å². The lowest BCUT2D eigenvalue weighted by atomic mass is 10.2. The van der Waals surface area contributed by atoms with Gasteiger partial charge in [-0.1, -0.05) is 23.8 Å². The summed E-state index contributed by atoms with van der Waals surface area (Å²) in [4.78, 5) is 4.87. The smallest absolute Gasteiger partial charge is 0.0498 e. The molecule has 0 spiro atoms. The molecular weight excluding hydrogens is 230 g/mol. The third-order valence-electron chi connectivity index (χ3n) is 2.17. The standard InChI is InChI=1S/C8H10OS.C6H7N/c1-7-3-5-8(6-4-7)10(2)9;1-6-4-2-3-5-7-6/h3-6H,1-2H3;2-5H,1H3. The first-order valence-corrected chi connectivity index (χ1v) is 6.93. The van der Waals surface area contributed by atoms with Crippen molar-refractivity contribution in [3.63, 3.8) is 0 Å². The highest BCUT2D eigenvalue weighted by molar-refractivity contribution is 7.84. The average Bonchev–Trinajstić information content (AvgIpc) is 2.31. The van der Waals surface area contributed by atoms with Gasteiger partial charge in [0.1, 0.15) is 0 Å². The molecule has 1 atom stereocenters. The molecule has 0 saturated heterocycles. The lowest BCUT2D eigenvalue weighted by molar-refractivity contribution is 0.687. The zero-order chi connectivity index (χ0) is 12.7. The summed E-state index contributed by atoms with van der Waals surface area (Å²) < 4.78 is 10.9. The van der Waals surface area contributed by atoms with Crippen molar-refractivity contribution < 1.29 is 4.21 Å². The molecule has 1 heterocycles. The van der Waals surface area contributed by atoms with Crippen LogP contribution in [0.15, 0.2) is 53.6 Å². The number of nitrogens with zero attached hydrogens (tertiary/aromatic N) is 1. The molecule has 90 valence electrons. The fourth-order valence-electron chi connectivity index (χ4n) is 1.18.